The Labute approximate surface area is 163 Å². The fourth-order valence-corrected chi connectivity index (χ4v) is 3.20. The SMILES string of the molecule is COc1ccc(NC(=O)C2CCCN2C(=O)COc2cccc(Cl)c2)cc1. The van der Waals surface area contributed by atoms with Gasteiger partial charge in [0.2, 0.25) is 5.91 Å². The highest BCUT2D eigenvalue weighted by molar-refractivity contribution is 6.30. The van der Waals surface area contributed by atoms with E-state index in [4.69, 9.17) is 21.1 Å². The molecular weight excluding hydrogens is 368 g/mol. The Morgan fingerprint density at radius 1 is 1.19 bits per heavy atom. The van der Waals surface area contributed by atoms with E-state index < -0.39 is 6.04 Å². The summed E-state index contributed by atoms with van der Waals surface area (Å²) in [7, 11) is 1.58. The van der Waals surface area contributed by atoms with Crippen LogP contribution in [0, 0.1) is 0 Å². The monoisotopic (exact) mass is 388 g/mol. The zero-order valence-electron chi connectivity index (χ0n) is 15.0. The fourth-order valence-electron chi connectivity index (χ4n) is 3.02. The lowest BCUT2D eigenvalue weighted by molar-refractivity contribution is -0.138. The molecule has 2 aromatic carbocycles. The number of hydrogen-bond donors (Lipinski definition) is 1. The lowest BCUT2D eigenvalue weighted by Gasteiger charge is -2.24. The van der Waals surface area contributed by atoms with Gasteiger partial charge in [0.05, 0.1) is 7.11 Å². The van der Waals surface area contributed by atoms with Crippen molar-refractivity contribution in [3.05, 3.63) is 53.6 Å². The number of likely N-dealkylation sites (tertiary alicyclic amines) is 1. The summed E-state index contributed by atoms with van der Waals surface area (Å²) in [6.45, 7) is 0.408. The van der Waals surface area contributed by atoms with Gasteiger partial charge in [0, 0.05) is 17.3 Å². The second kappa shape index (κ2) is 8.77. The smallest absolute Gasteiger partial charge is 0.261 e. The van der Waals surface area contributed by atoms with Crippen molar-refractivity contribution in [1.29, 1.82) is 0 Å². The number of anilines is 1. The van der Waals surface area contributed by atoms with Gasteiger partial charge in [-0.15, -0.1) is 0 Å². The topological polar surface area (TPSA) is 67.9 Å². The number of benzene rings is 2. The Morgan fingerprint density at radius 3 is 2.67 bits per heavy atom. The van der Waals surface area contributed by atoms with Crippen LogP contribution in [0.5, 0.6) is 11.5 Å². The number of carbonyl (C=O) groups is 2. The van der Waals surface area contributed by atoms with E-state index in [0.717, 1.165) is 6.42 Å². The van der Waals surface area contributed by atoms with E-state index in [0.29, 0.717) is 35.2 Å². The Balaban J connectivity index is 1.58. The number of hydrogen-bond acceptors (Lipinski definition) is 4. The van der Waals surface area contributed by atoms with E-state index in [1.54, 1.807) is 60.5 Å². The van der Waals surface area contributed by atoms with Gasteiger partial charge in [-0.1, -0.05) is 17.7 Å². The first kappa shape index (κ1) is 19.0. The van der Waals surface area contributed by atoms with Gasteiger partial charge in [-0.2, -0.15) is 0 Å². The third-order valence-electron chi connectivity index (χ3n) is 4.39. The molecule has 1 fully saturated rings. The van der Waals surface area contributed by atoms with E-state index in [1.807, 2.05) is 0 Å². The second-order valence-electron chi connectivity index (χ2n) is 6.21. The zero-order chi connectivity index (χ0) is 19.2. The summed E-state index contributed by atoms with van der Waals surface area (Å²) in [5.74, 6) is 0.814. The molecule has 1 aliphatic rings. The lowest BCUT2D eigenvalue weighted by atomic mass is 10.2. The first-order valence-corrected chi connectivity index (χ1v) is 9.07. The molecule has 2 amide bonds. The van der Waals surface area contributed by atoms with Crippen molar-refractivity contribution >= 4 is 29.1 Å². The first-order chi connectivity index (χ1) is 13.1. The van der Waals surface area contributed by atoms with E-state index >= 15 is 0 Å². The molecule has 1 atom stereocenters. The summed E-state index contributed by atoms with van der Waals surface area (Å²) < 4.78 is 10.6. The van der Waals surface area contributed by atoms with Gasteiger partial charge >= 0.3 is 0 Å². The van der Waals surface area contributed by atoms with Crippen LogP contribution >= 0.6 is 11.6 Å². The zero-order valence-corrected chi connectivity index (χ0v) is 15.7. The summed E-state index contributed by atoms with van der Waals surface area (Å²) in [6, 6.07) is 13.4. The van der Waals surface area contributed by atoms with Crippen LogP contribution in [0.4, 0.5) is 5.69 Å². The summed E-state index contributed by atoms with van der Waals surface area (Å²) in [5, 5.41) is 3.39. The maximum Gasteiger partial charge on any atom is 0.261 e. The number of rotatable bonds is 6. The predicted molar refractivity (Wildman–Crippen MR) is 103 cm³/mol. The van der Waals surface area contributed by atoms with Crippen LogP contribution in [0.25, 0.3) is 0 Å². The minimum atomic E-state index is -0.498. The molecule has 1 saturated heterocycles. The molecule has 0 saturated carbocycles. The molecule has 0 bridgehead atoms. The van der Waals surface area contributed by atoms with Crippen LogP contribution in [0.1, 0.15) is 12.8 Å². The third-order valence-corrected chi connectivity index (χ3v) is 4.63. The highest BCUT2D eigenvalue weighted by atomic mass is 35.5. The summed E-state index contributed by atoms with van der Waals surface area (Å²) in [5.41, 5.74) is 0.662. The maximum absolute atomic E-state index is 12.6. The Kier molecular flexibility index (Phi) is 6.19. The van der Waals surface area contributed by atoms with Crippen molar-refractivity contribution in [2.75, 3.05) is 25.6 Å². The standard InChI is InChI=1S/C20H21ClN2O4/c1-26-16-9-7-15(8-10-16)22-20(25)18-6-3-11-23(18)19(24)13-27-17-5-2-4-14(21)12-17/h2,4-5,7-10,12,18H,3,6,11,13H2,1H3,(H,22,25). The molecular formula is C20H21ClN2O4. The average Bonchev–Trinajstić information content (AvgIpc) is 3.17. The molecule has 1 heterocycles. The van der Waals surface area contributed by atoms with Gasteiger partial charge in [-0.25, -0.2) is 0 Å². The summed E-state index contributed by atoms with van der Waals surface area (Å²) >= 11 is 5.91. The predicted octanol–water partition coefficient (Wildman–Crippen LogP) is 3.36. The molecule has 0 aliphatic carbocycles. The van der Waals surface area contributed by atoms with Crippen LogP contribution in [-0.4, -0.2) is 43.0 Å². The molecule has 2 aromatic rings. The van der Waals surface area contributed by atoms with Gasteiger partial charge in [-0.05, 0) is 55.3 Å². The molecule has 3 rings (SSSR count). The van der Waals surface area contributed by atoms with E-state index in [1.165, 1.54) is 0 Å². The van der Waals surface area contributed by atoms with Crippen molar-refractivity contribution in [2.45, 2.75) is 18.9 Å². The first-order valence-electron chi connectivity index (χ1n) is 8.69. The minimum absolute atomic E-state index is 0.132. The van der Waals surface area contributed by atoms with Gasteiger partial charge in [-0.3, -0.25) is 9.59 Å². The molecule has 0 spiro atoms. The van der Waals surface area contributed by atoms with Crippen molar-refractivity contribution in [3.8, 4) is 11.5 Å². The van der Waals surface area contributed by atoms with Crippen LogP contribution < -0.4 is 14.8 Å². The number of halogens is 1. The molecule has 7 heteroatoms. The summed E-state index contributed by atoms with van der Waals surface area (Å²) in [4.78, 5) is 26.7. The molecule has 0 radical (unpaired) electrons. The van der Waals surface area contributed by atoms with E-state index in [9.17, 15) is 9.59 Å². The second-order valence-corrected chi connectivity index (χ2v) is 6.65. The lowest BCUT2D eigenvalue weighted by Crippen LogP contribution is -2.45. The highest BCUT2D eigenvalue weighted by Gasteiger charge is 2.34. The van der Waals surface area contributed by atoms with Gasteiger partial charge < -0.3 is 19.7 Å². The number of nitrogens with one attached hydrogen (secondary N) is 1. The highest BCUT2D eigenvalue weighted by Crippen LogP contribution is 2.22. The fraction of sp³-hybridized carbons (Fsp3) is 0.300. The number of ether oxygens (including phenoxy) is 2. The van der Waals surface area contributed by atoms with Crippen molar-refractivity contribution < 1.29 is 19.1 Å². The minimum Gasteiger partial charge on any atom is -0.497 e. The van der Waals surface area contributed by atoms with Crippen LogP contribution in [0.3, 0.4) is 0 Å². The maximum atomic E-state index is 12.6. The van der Waals surface area contributed by atoms with Crippen LogP contribution in [-0.2, 0) is 9.59 Å². The number of methoxy groups -OCH3 is 1. The number of amides is 2. The van der Waals surface area contributed by atoms with Crippen LogP contribution in [0.2, 0.25) is 5.02 Å². The normalized spacial score (nSPS) is 16.1. The Morgan fingerprint density at radius 2 is 1.96 bits per heavy atom. The third kappa shape index (κ3) is 4.92. The molecule has 6 nitrogen and oxygen atoms in total. The Hall–Kier alpha value is -2.73. The van der Waals surface area contributed by atoms with Gasteiger partial charge in [0.1, 0.15) is 17.5 Å². The molecule has 27 heavy (non-hydrogen) atoms. The molecule has 1 aliphatic heterocycles. The van der Waals surface area contributed by atoms with Gasteiger partial charge in [0.25, 0.3) is 5.91 Å². The number of carbonyl (C=O) groups excluding carboxylic acids is 2. The van der Waals surface area contributed by atoms with E-state index in [-0.39, 0.29) is 18.4 Å². The molecule has 1 unspecified atom stereocenters. The van der Waals surface area contributed by atoms with Gasteiger partial charge in [0.15, 0.2) is 6.61 Å². The quantitative estimate of drug-likeness (QED) is 0.824. The summed E-state index contributed by atoms with van der Waals surface area (Å²) in [6.07, 6.45) is 1.41. The molecule has 1 N–H and O–H groups in total. The van der Waals surface area contributed by atoms with Crippen molar-refractivity contribution in [1.82, 2.24) is 4.90 Å². The van der Waals surface area contributed by atoms with E-state index in [2.05, 4.69) is 5.32 Å². The Bertz CT molecular complexity index is 810. The molecule has 0 aromatic heterocycles. The largest absolute Gasteiger partial charge is 0.497 e. The van der Waals surface area contributed by atoms with Crippen LogP contribution in [0.15, 0.2) is 48.5 Å². The molecule has 142 valence electrons. The number of nitrogens with zero attached hydrogens (tertiary/aromatic N) is 1. The van der Waals surface area contributed by atoms with Crippen molar-refractivity contribution in [2.24, 2.45) is 0 Å². The van der Waals surface area contributed by atoms with Crippen molar-refractivity contribution in [3.63, 3.8) is 0 Å². The average molecular weight is 389 g/mol.